The van der Waals surface area contributed by atoms with Gasteiger partial charge in [0.1, 0.15) is 0 Å². The first-order valence-corrected chi connectivity index (χ1v) is 6.02. The van der Waals surface area contributed by atoms with Gasteiger partial charge in [0.25, 0.3) is 0 Å². The quantitative estimate of drug-likeness (QED) is 0.455. The Morgan fingerprint density at radius 3 is 2.00 bits per heavy atom. The number of halogens is 2. The van der Waals surface area contributed by atoms with Crippen LogP contribution in [0.1, 0.15) is 5.56 Å². The predicted molar refractivity (Wildman–Crippen MR) is 90.2 cm³/mol. The van der Waals surface area contributed by atoms with E-state index in [9.17, 15) is 0 Å². The molecule has 3 nitrogen and oxygen atoms in total. The highest BCUT2D eigenvalue weighted by Gasteiger charge is 2.03. The van der Waals surface area contributed by atoms with Gasteiger partial charge in [-0.3, -0.25) is 4.99 Å². The molecule has 0 unspecified atom stereocenters. The van der Waals surface area contributed by atoms with Crippen molar-refractivity contribution in [1.82, 2.24) is 9.80 Å². The molecule has 102 valence electrons. The van der Waals surface area contributed by atoms with Crippen LogP contribution in [0.2, 0.25) is 5.02 Å². The van der Waals surface area contributed by atoms with Crippen molar-refractivity contribution < 1.29 is 0 Å². The molecule has 5 heteroatoms. The van der Waals surface area contributed by atoms with Crippen LogP contribution in [0.5, 0.6) is 0 Å². The van der Waals surface area contributed by atoms with Crippen LogP contribution in [0, 0.1) is 0 Å². The van der Waals surface area contributed by atoms with Crippen molar-refractivity contribution in [2.24, 2.45) is 4.99 Å². The number of hydrogen-bond acceptors (Lipinski definition) is 1. The molecule has 1 aromatic rings. The van der Waals surface area contributed by atoms with Crippen LogP contribution >= 0.6 is 35.6 Å². The summed E-state index contributed by atoms with van der Waals surface area (Å²) in [6, 6.07) is 7.92. The van der Waals surface area contributed by atoms with Crippen molar-refractivity contribution in [2.75, 3.05) is 34.7 Å². The summed E-state index contributed by atoms with van der Waals surface area (Å²) in [7, 11) is 8.00. The Labute approximate surface area is 132 Å². The standard InChI is InChI=1S/C13H20ClN3.HI/c1-16(2)13(17(3)4)15-10-9-11-5-7-12(14)8-6-11;/h5-8H,9-10H2,1-4H3;1H. The summed E-state index contributed by atoms with van der Waals surface area (Å²) in [5.74, 6) is 0.985. The second-order valence-electron chi connectivity index (χ2n) is 4.35. The lowest BCUT2D eigenvalue weighted by atomic mass is 10.1. The van der Waals surface area contributed by atoms with Crippen molar-refractivity contribution in [1.29, 1.82) is 0 Å². The number of hydrogen-bond donors (Lipinski definition) is 0. The largest absolute Gasteiger partial charge is 0.349 e. The Hall–Kier alpha value is -0.490. The van der Waals surface area contributed by atoms with Gasteiger partial charge < -0.3 is 9.80 Å². The van der Waals surface area contributed by atoms with E-state index in [4.69, 9.17) is 11.6 Å². The maximum absolute atomic E-state index is 5.84. The molecule has 0 fully saturated rings. The van der Waals surface area contributed by atoms with Crippen molar-refractivity contribution >= 4 is 41.5 Å². The molecule has 0 aromatic heterocycles. The van der Waals surface area contributed by atoms with E-state index in [2.05, 4.69) is 4.99 Å². The first-order chi connectivity index (χ1) is 8.00. The smallest absolute Gasteiger partial charge is 0.195 e. The van der Waals surface area contributed by atoms with E-state index in [0.717, 1.165) is 23.9 Å². The van der Waals surface area contributed by atoms with Gasteiger partial charge in [-0.25, -0.2) is 0 Å². The maximum atomic E-state index is 5.84. The molecule has 0 heterocycles. The third-order valence-electron chi connectivity index (χ3n) is 2.37. The molecule has 0 saturated heterocycles. The SMILES string of the molecule is CN(C)C(=NCCc1ccc(Cl)cc1)N(C)C.I. The zero-order chi connectivity index (χ0) is 12.8. The lowest BCUT2D eigenvalue weighted by molar-refractivity contribution is 0.479. The molecule has 0 saturated carbocycles. The van der Waals surface area contributed by atoms with Crippen LogP contribution in [0.3, 0.4) is 0 Å². The Bertz CT molecular complexity index is 364. The van der Waals surface area contributed by atoms with Crippen LogP contribution < -0.4 is 0 Å². The fraction of sp³-hybridized carbons (Fsp3) is 0.462. The average Bonchev–Trinajstić information content (AvgIpc) is 2.25. The zero-order valence-electron chi connectivity index (χ0n) is 11.4. The van der Waals surface area contributed by atoms with E-state index in [1.54, 1.807) is 0 Å². The normalized spacial score (nSPS) is 9.39. The summed E-state index contributed by atoms with van der Waals surface area (Å²) in [6.45, 7) is 0.785. The van der Waals surface area contributed by atoms with E-state index >= 15 is 0 Å². The van der Waals surface area contributed by atoms with Crippen molar-refractivity contribution in [3.05, 3.63) is 34.9 Å². The minimum atomic E-state index is 0. The van der Waals surface area contributed by atoms with Crippen LogP contribution in [0.25, 0.3) is 0 Å². The van der Waals surface area contributed by atoms with E-state index < -0.39 is 0 Å². The first-order valence-electron chi connectivity index (χ1n) is 5.64. The maximum Gasteiger partial charge on any atom is 0.195 e. The number of guanidine groups is 1. The number of aliphatic imine (C=N–C) groups is 1. The molecule has 1 rings (SSSR count). The third-order valence-corrected chi connectivity index (χ3v) is 2.62. The number of benzene rings is 1. The van der Waals surface area contributed by atoms with Crippen LogP contribution in [0.4, 0.5) is 0 Å². The molecule has 18 heavy (non-hydrogen) atoms. The van der Waals surface area contributed by atoms with Gasteiger partial charge in [0.05, 0.1) is 0 Å². The first kappa shape index (κ1) is 17.5. The predicted octanol–water partition coefficient (Wildman–Crippen LogP) is 2.98. The molecule has 1 aromatic carbocycles. The summed E-state index contributed by atoms with van der Waals surface area (Å²) in [6.07, 6.45) is 0.933. The molecule has 0 aliphatic heterocycles. The van der Waals surface area contributed by atoms with Gasteiger partial charge in [0.15, 0.2) is 5.96 Å². The lowest BCUT2D eigenvalue weighted by Crippen LogP contribution is -2.35. The molecule has 0 bridgehead atoms. The summed E-state index contributed by atoms with van der Waals surface area (Å²) >= 11 is 5.84. The summed E-state index contributed by atoms with van der Waals surface area (Å²) in [5, 5.41) is 0.777. The van der Waals surface area contributed by atoms with Crippen molar-refractivity contribution in [2.45, 2.75) is 6.42 Å². The highest BCUT2D eigenvalue weighted by atomic mass is 127. The zero-order valence-corrected chi connectivity index (χ0v) is 14.4. The highest BCUT2D eigenvalue weighted by Crippen LogP contribution is 2.09. The van der Waals surface area contributed by atoms with E-state index in [0.29, 0.717) is 0 Å². The second-order valence-corrected chi connectivity index (χ2v) is 4.78. The summed E-state index contributed by atoms with van der Waals surface area (Å²) in [5.41, 5.74) is 1.26. The number of nitrogens with zero attached hydrogens (tertiary/aromatic N) is 3. The minimum Gasteiger partial charge on any atom is -0.349 e. The van der Waals surface area contributed by atoms with Gasteiger partial charge in [-0.1, -0.05) is 23.7 Å². The number of rotatable bonds is 3. The Balaban J connectivity index is 0.00000289. The van der Waals surface area contributed by atoms with Gasteiger partial charge in [0.2, 0.25) is 0 Å². The summed E-state index contributed by atoms with van der Waals surface area (Å²) in [4.78, 5) is 8.61. The van der Waals surface area contributed by atoms with Crippen LogP contribution in [-0.4, -0.2) is 50.5 Å². The molecular weight excluding hydrogens is 361 g/mol. The monoisotopic (exact) mass is 381 g/mol. The highest BCUT2D eigenvalue weighted by molar-refractivity contribution is 14.0. The van der Waals surface area contributed by atoms with Crippen LogP contribution in [0.15, 0.2) is 29.3 Å². The molecule has 0 atom stereocenters. The minimum absolute atomic E-state index is 0. The second kappa shape index (κ2) is 8.58. The topological polar surface area (TPSA) is 18.8 Å². The van der Waals surface area contributed by atoms with Crippen molar-refractivity contribution in [3.63, 3.8) is 0 Å². The van der Waals surface area contributed by atoms with Crippen LogP contribution in [-0.2, 0) is 6.42 Å². The van der Waals surface area contributed by atoms with Gasteiger partial charge in [-0.05, 0) is 24.1 Å². The van der Waals surface area contributed by atoms with Crippen molar-refractivity contribution in [3.8, 4) is 0 Å². The molecule has 0 aliphatic carbocycles. The molecule has 0 amide bonds. The lowest BCUT2D eigenvalue weighted by Gasteiger charge is -2.22. The summed E-state index contributed by atoms with van der Waals surface area (Å²) < 4.78 is 0. The van der Waals surface area contributed by atoms with Gasteiger partial charge in [-0.15, -0.1) is 24.0 Å². The Morgan fingerprint density at radius 2 is 1.56 bits per heavy atom. The Morgan fingerprint density at radius 1 is 1.06 bits per heavy atom. The van der Waals surface area contributed by atoms with Gasteiger partial charge in [-0.2, -0.15) is 0 Å². The molecule has 0 N–H and O–H groups in total. The van der Waals surface area contributed by atoms with E-state index in [1.165, 1.54) is 5.56 Å². The molecule has 0 spiro atoms. The van der Waals surface area contributed by atoms with Gasteiger partial charge >= 0.3 is 0 Å². The van der Waals surface area contributed by atoms with E-state index in [-0.39, 0.29) is 24.0 Å². The van der Waals surface area contributed by atoms with E-state index in [1.807, 2.05) is 62.3 Å². The fourth-order valence-electron chi connectivity index (χ4n) is 1.62. The van der Waals surface area contributed by atoms with Gasteiger partial charge in [0, 0.05) is 39.8 Å². The average molecular weight is 382 g/mol. The molecule has 0 aliphatic rings. The Kier molecular flexibility index (Phi) is 8.35. The molecule has 0 radical (unpaired) electrons. The fourth-order valence-corrected chi connectivity index (χ4v) is 1.74. The molecular formula is C13H21ClIN3. The third kappa shape index (κ3) is 5.91.